The van der Waals surface area contributed by atoms with Gasteiger partial charge < -0.3 is 9.47 Å². The van der Waals surface area contributed by atoms with E-state index in [4.69, 9.17) is 9.47 Å². The summed E-state index contributed by atoms with van der Waals surface area (Å²) in [5.41, 5.74) is 2.50. The van der Waals surface area contributed by atoms with Gasteiger partial charge in [0.05, 0.1) is 12.8 Å². The first-order valence-electron chi connectivity index (χ1n) is 6.23. The molecule has 0 unspecified atom stereocenters. The van der Waals surface area contributed by atoms with Gasteiger partial charge in [0.1, 0.15) is 22.9 Å². The Labute approximate surface area is 112 Å². The van der Waals surface area contributed by atoms with Crippen LogP contribution in [0.4, 0.5) is 0 Å². The van der Waals surface area contributed by atoms with Gasteiger partial charge in [-0.1, -0.05) is 0 Å². The van der Waals surface area contributed by atoms with Crippen molar-refractivity contribution in [2.24, 2.45) is 0 Å². The minimum atomic E-state index is -0.442. The van der Waals surface area contributed by atoms with Crippen molar-refractivity contribution in [3.8, 4) is 22.8 Å². The molecule has 0 saturated heterocycles. The summed E-state index contributed by atoms with van der Waals surface area (Å²) in [6.45, 7) is 5.94. The highest BCUT2D eigenvalue weighted by Crippen LogP contribution is 2.44. The zero-order valence-electron chi connectivity index (χ0n) is 11.5. The molecule has 1 aromatic carbocycles. The van der Waals surface area contributed by atoms with Gasteiger partial charge in [0.15, 0.2) is 0 Å². The predicted octanol–water partition coefficient (Wildman–Crippen LogP) is 3.09. The van der Waals surface area contributed by atoms with E-state index in [1.807, 2.05) is 45.2 Å². The van der Waals surface area contributed by atoms with Crippen molar-refractivity contribution < 1.29 is 9.47 Å². The van der Waals surface area contributed by atoms with Gasteiger partial charge in [0, 0.05) is 23.4 Å². The average Bonchev–Trinajstić information content (AvgIpc) is 2.37. The van der Waals surface area contributed by atoms with Crippen LogP contribution in [0, 0.1) is 6.92 Å². The number of nitrogens with zero attached hydrogens (tertiary/aromatic N) is 2. The largest absolute Gasteiger partial charge is 0.497 e. The van der Waals surface area contributed by atoms with Crippen LogP contribution < -0.4 is 9.47 Å². The minimum absolute atomic E-state index is 0.442. The Kier molecular flexibility index (Phi) is 2.49. The third-order valence-electron chi connectivity index (χ3n) is 3.37. The first-order chi connectivity index (χ1) is 9.01. The second-order valence-corrected chi connectivity index (χ2v) is 5.15. The van der Waals surface area contributed by atoms with Crippen molar-refractivity contribution in [2.45, 2.75) is 26.4 Å². The van der Waals surface area contributed by atoms with E-state index in [-0.39, 0.29) is 0 Å². The van der Waals surface area contributed by atoms with Crippen molar-refractivity contribution in [1.82, 2.24) is 9.97 Å². The molecule has 4 heteroatoms. The standard InChI is InChI=1S/C15H16N2O2/c1-9-16-8-12-14(17-9)11-6-5-10(18-4)7-13(11)19-15(12,2)3/h5-8H,1-4H3. The summed E-state index contributed by atoms with van der Waals surface area (Å²) in [7, 11) is 1.65. The number of aromatic nitrogens is 2. The zero-order valence-corrected chi connectivity index (χ0v) is 11.5. The highest BCUT2D eigenvalue weighted by molar-refractivity contribution is 5.74. The van der Waals surface area contributed by atoms with Gasteiger partial charge in [-0.25, -0.2) is 9.97 Å². The number of hydrogen-bond acceptors (Lipinski definition) is 4. The Morgan fingerprint density at radius 2 is 2.05 bits per heavy atom. The minimum Gasteiger partial charge on any atom is -0.497 e. The molecule has 0 N–H and O–H groups in total. The number of hydrogen-bond donors (Lipinski definition) is 0. The fourth-order valence-electron chi connectivity index (χ4n) is 2.36. The summed E-state index contributed by atoms with van der Waals surface area (Å²) in [5.74, 6) is 2.34. The highest BCUT2D eigenvalue weighted by Gasteiger charge is 2.34. The zero-order chi connectivity index (χ0) is 13.6. The van der Waals surface area contributed by atoms with E-state index in [9.17, 15) is 0 Å². The van der Waals surface area contributed by atoms with Gasteiger partial charge in [-0.3, -0.25) is 0 Å². The van der Waals surface area contributed by atoms with Gasteiger partial charge in [-0.15, -0.1) is 0 Å². The van der Waals surface area contributed by atoms with Gasteiger partial charge in [-0.05, 0) is 32.9 Å². The summed E-state index contributed by atoms with van der Waals surface area (Å²) < 4.78 is 11.3. The number of rotatable bonds is 1. The van der Waals surface area contributed by atoms with E-state index in [0.29, 0.717) is 0 Å². The third-order valence-corrected chi connectivity index (χ3v) is 3.37. The van der Waals surface area contributed by atoms with Crippen molar-refractivity contribution in [3.63, 3.8) is 0 Å². The van der Waals surface area contributed by atoms with E-state index in [2.05, 4.69) is 9.97 Å². The molecule has 19 heavy (non-hydrogen) atoms. The fourth-order valence-corrected chi connectivity index (χ4v) is 2.36. The lowest BCUT2D eigenvalue weighted by Crippen LogP contribution is -2.30. The van der Waals surface area contributed by atoms with E-state index in [0.717, 1.165) is 34.1 Å². The smallest absolute Gasteiger partial charge is 0.133 e. The maximum atomic E-state index is 6.07. The molecule has 1 aliphatic heterocycles. The van der Waals surface area contributed by atoms with Crippen LogP contribution in [0.2, 0.25) is 0 Å². The van der Waals surface area contributed by atoms with Crippen LogP contribution in [0.5, 0.6) is 11.5 Å². The lowest BCUT2D eigenvalue weighted by molar-refractivity contribution is 0.104. The molecular formula is C15H16N2O2. The number of ether oxygens (including phenoxy) is 2. The van der Waals surface area contributed by atoms with Gasteiger partial charge in [0.25, 0.3) is 0 Å². The third kappa shape index (κ3) is 1.84. The summed E-state index contributed by atoms with van der Waals surface area (Å²) in [4.78, 5) is 8.85. The Morgan fingerprint density at radius 3 is 2.79 bits per heavy atom. The molecule has 2 aromatic rings. The van der Waals surface area contributed by atoms with Crippen molar-refractivity contribution >= 4 is 0 Å². The van der Waals surface area contributed by atoms with Crippen LogP contribution in [-0.4, -0.2) is 17.1 Å². The first kappa shape index (κ1) is 12.0. The van der Waals surface area contributed by atoms with Crippen molar-refractivity contribution in [3.05, 3.63) is 35.8 Å². The first-order valence-corrected chi connectivity index (χ1v) is 6.23. The molecule has 0 fully saturated rings. The lowest BCUT2D eigenvalue weighted by atomic mass is 9.91. The second kappa shape index (κ2) is 3.95. The number of benzene rings is 1. The molecular weight excluding hydrogens is 240 g/mol. The molecule has 1 aromatic heterocycles. The predicted molar refractivity (Wildman–Crippen MR) is 72.4 cm³/mol. The molecule has 1 aliphatic rings. The van der Waals surface area contributed by atoms with Crippen molar-refractivity contribution in [2.75, 3.05) is 7.11 Å². The van der Waals surface area contributed by atoms with Gasteiger partial charge in [0.2, 0.25) is 0 Å². The summed E-state index contributed by atoms with van der Waals surface area (Å²) in [6, 6.07) is 5.80. The number of methoxy groups -OCH3 is 1. The summed E-state index contributed by atoms with van der Waals surface area (Å²) in [5, 5.41) is 0. The molecule has 4 nitrogen and oxygen atoms in total. The fraction of sp³-hybridized carbons (Fsp3) is 0.333. The second-order valence-electron chi connectivity index (χ2n) is 5.15. The monoisotopic (exact) mass is 256 g/mol. The molecule has 0 amide bonds. The van der Waals surface area contributed by atoms with Gasteiger partial charge >= 0.3 is 0 Å². The quantitative estimate of drug-likeness (QED) is 0.786. The topological polar surface area (TPSA) is 44.2 Å². The molecule has 0 saturated carbocycles. The van der Waals surface area contributed by atoms with E-state index in [1.165, 1.54) is 0 Å². The number of aryl methyl sites for hydroxylation is 1. The Hall–Kier alpha value is -2.10. The summed E-state index contributed by atoms with van der Waals surface area (Å²) >= 11 is 0. The molecule has 0 atom stereocenters. The van der Waals surface area contributed by atoms with E-state index in [1.54, 1.807) is 7.11 Å². The summed E-state index contributed by atoms with van der Waals surface area (Å²) in [6.07, 6.45) is 1.85. The maximum absolute atomic E-state index is 6.07. The lowest BCUT2D eigenvalue weighted by Gasteiger charge is -2.34. The number of fused-ring (bicyclic) bond motifs is 3. The van der Waals surface area contributed by atoms with Crippen molar-refractivity contribution in [1.29, 1.82) is 0 Å². The molecule has 0 aliphatic carbocycles. The van der Waals surface area contributed by atoms with Crippen LogP contribution in [0.25, 0.3) is 11.3 Å². The molecule has 0 bridgehead atoms. The molecule has 3 rings (SSSR count). The average molecular weight is 256 g/mol. The normalized spacial score (nSPS) is 15.2. The van der Waals surface area contributed by atoms with Gasteiger partial charge in [-0.2, -0.15) is 0 Å². The van der Waals surface area contributed by atoms with Crippen LogP contribution in [0.3, 0.4) is 0 Å². The van der Waals surface area contributed by atoms with Crippen LogP contribution in [0.15, 0.2) is 24.4 Å². The Balaban J connectivity index is 2.27. The van der Waals surface area contributed by atoms with E-state index < -0.39 is 5.60 Å². The van der Waals surface area contributed by atoms with Crippen LogP contribution >= 0.6 is 0 Å². The molecule has 2 heterocycles. The SMILES string of the molecule is COc1ccc2c(c1)OC(C)(C)c1cnc(C)nc1-2. The Bertz CT molecular complexity index is 651. The highest BCUT2D eigenvalue weighted by atomic mass is 16.5. The molecule has 98 valence electrons. The maximum Gasteiger partial charge on any atom is 0.133 e. The molecule has 0 spiro atoms. The van der Waals surface area contributed by atoms with E-state index >= 15 is 0 Å². The van der Waals surface area contributed by atoms with Crippen LogP contribution in [0.1, 0.15) is 25.2 Å². The molecule has 0 radical (unpaired) electrons. The Morgan fingerprint density at radius 1 is 1.26 bits per heavy atom. The van der Waals surface area contributed by atoms with Crippen LogP contribution in [-0.2, 0) is 5.60 Å².